The molecular formula is C121H210O16P2. The van der Waals surface area contributed by atoms with Gasteiger partial charge in [-0.2, -0.15) is 0 Å². The second-order valence-electron chi connectivity index (χ2n) is 38.1. The van der Waals surface area contributed by atoms with E-state index in [9.17, 15) is 43.5 Å². The fraction of sp³-hybridized carbons (Fsp3) is 0.727. The zero-order valence-corrected chi connectivity index (χ0v) is 90.9. The quantitative estimate of drug-likeness (QED) is 0.0146. The van der Waals surface area contributed by atoms with Gasteiger partial charge in [0.2, 0.25) is 0 Å². The third-order valence-corrected chi connectivity index (χ3v) is 26.5. The number of carbonyl (C=O) groups is 3. The third-order valence-electron chi connectivity index (χ3n) is 24.6. The standard InChI is InChI=1S/C121H210O16P2/c1-4-7-10-13-16-19-22-25-28-31-34-37-40-43-46-49-52-55-57-60-62-65-68-71-74-77-80-83-86-89-92-95-98-101-104-107-119(124)131-110-116(122)111-133-138(127,128)134-112-117(123)113-135-139(129,130)136-115-118(137-121(126)109-106-103-100-97-94-91-88-85-82-79-76-73-70-67-64-59-54-51-48-45-42-39-36-33-30-27-24-21-18-15-12-9-6-3)114-132-120(125)108-105-102-99-96-93-90-87-84-81-78-75-72-69-66-63-61-58-56-53-50-47-44-41-38-35-32-29-26-23-20-17-14-11-8-5-2/h7,9-10,12,16-21,25-30,34-39,43-48,54,59,116-118,122-123H,4-6,8,11,13-15,22-24,31-33,40-42,49-53,55-58,60-115H2,1-3H3,(H,127,128)(H,129,130)/b10-7-,12-9-,19-16-,20-17-,21-18-,28-25-,29-26-,30-27-,37-34-,38-35-,39-36-,46-43-,47-44-,48-45-,59-54-. The molecule has 0 spiro atoms. The van der Waals surface area contributed by atoms with Crippen LogP contribution in [-0.2, 0) is 55.8 Å². The zero-order chi connectivity index (χ0) is 101. The molecule has 0 aliphatic carbocycles. The molecule has 0 aromatic carbocycles. The van der Waals surface area contributed by atoms with Crippen LogP contribution in [0.2, 0.25) is 0 Å². The number of allylic oxidation sites excluding steroid dienone is 30. The van der Waals surface area contributed by atoms with Gasteiger partial charge in [-0.3, -0.25) is 32.5 Å². The first-order valence-corrected chi connectivity index (χ1v) is 60.1. The summed E-state index contributed by atoms with van der Waals surface area (Å²) in [5.74, 6) is -1.55. The molecule has 0 rings (SSSR count). The van der Waals surface area contributed by atoms with Crippen LogP contribution in [0.3, 0.4) is 0 Å². The van der Waals surface area contributed by atoms with Gasteiger partial charge in [-0.15, -0.1) is 0 Å². The molecule has 0 saturated heterocycles. The van der Waals surface area contributed by atoms with Crippen LogP contribution in [0, 0.1) is 0 Å². The van der Waals surface area contributed by atoms with Crippen molar-refractivity contribution in [3.8, 4) is 0 Å². The highest BCUT2D eigenvalue weighted by Gasteiger charge is 2.30. The Morgan fingerprint density at radius 1 is 0.209 bits per heavy atom. The van der Waals surface area contributed by atoms with E-state index in [2.05, 4.69) is 203 Å². The smallest absolute Gasteiger partial charge is 0.463 e. The Labute approximate surface area is 853 Å². The van der Waals surface area contributed by atoms with E-state index in [1.807, 2.05) is 0 Å². The van der Waals surface area contributed by atoms with Gasteiger partial charge in [-0.25, -0.2) is 9.13 Å². The Hall–Kier alpha value is -5.35. The minimum absolute atomic E-state index is 0.102. The Morgan fingerprint density at radius 3 is 0.604 bits per heavy atom. The number of carbonyl (C=O) groups excluding carboxylic acids is 3. The van der Waals surface area contributed by atoms with E-state index in [-0.39, 0.29) is 19.3 Å². The average molecular weight is 1980 g/mol. The van der Waals surface area contributed by atoms with Gasteiger partial charge in [0.1, 0.15) is 25.4 Å². The maximum absolute atomic E-state index is 13.2. The van der Waals surface area contributed by atoms with Crippen LogP contribution in [0.1, 0.15) is 509 Å². The Balaban J connectivity index is 4.59. The van der Waals surface area contributed by atoms with Gasteiger partial charge >= 0.3 is 33.6 Å². The molecule has 0 radical (unpaired) electrons. The summed E-state index contributed by atoms with van der Waals surface area (Å²) in [6.45, 7) is 2.53. The number of esters is 3. The summed E-state index contributed by atoms with van der Waals surface area (Å²) in [5, 5.41) is 20.9. The van der Waals surface area contributed by atoms with Crippen LogP contribution in [-0.4, -0.2) is 95.9 Å². The Morgan fingerprint density at radius 2 is 0.381 bits per heavy atom. The van der Waals surface area contributed by atoms with E-state index in [1.165, 1.54) is 289 Å². The Bertz CT molecular complexity index is 3260. The third kappa shape index (κ3) is 113. The summed E-state index contributed by atoms with van der Waals surface area (Å²) in [5.41, 5.74) is 0. The summed E-state index contributed by atoms with van der Waals surface area (Å²) in [6.07, 6.45) is 150. The predicted octanol–water partition coefficient (Wildman–Crippen LogP) is 37.0. The fourth-order valence-corrected chi connectivity index (χ4v) is 17.6. The first kappa shape index (κ1) is 134. The number of aliphatic hydroxyl groups excluding tert-OH is 2. The lowest BCUT2D eigenvalue weighted by Gasteiger charge is -2.21. The Kier molecular flexibility index (Phi) is 107. The lowest BCUT2D eigenvalue weighted by molar-refractivity contribution is -0.161. The molecule has 0 aliphatic rings. The van der Waals surface area contributed by atoms with Gasteiger partial charge in [-0.05, 0) is 161 Å². The van der Waals surface area contributed by atoms with Crippen molar-refractivity contribution in [2.45, 2.75) is 527 Å². The molecule has 0 fully saturated rings. The van der Waals surface area contributed by atoms with Crippen LogP contribution in [0.5, 0.6) is 0 Å². The molecule has 0 saturated carbocycles. The number of rotatable bonds is 108. The topological polar surface area (TPSA) is 231 Å². The molecule has 0 heterocycles. The highest BCUT2D eigenvalue weighted by Crippen LogP contribution is 2.45. The summed E-state index contributed by atoms with van der Waals surface area (Å²) in [7, 11) is -9.82. The van der Waals surface area contributed by atoms with Crippen molar-refractivity contribution in [3.63, 3.8) is 0 Å². The van der Waals surface area contributed by atoms with Crippen LogP contribution in [0.4, 0.5) is 0 Å². The number of phosphoric acid groups is 2. The summed E-state index contributed by atoms with van der Waals surface area (Å²) in [4.78, 5) is 59.4. The van der Waals surface area contributed by atoms with Gasteiger partial charge in [0.05, 0.1) is 26.4 Å². The molecule has 0 aromatic heterocycles. The molecule has 0 bridgehead atoms. The second-order valence-corrected chi connectivity index (χ2v) is 41.0. The van der Waals surface area contributed by atoms with E-state index in [0.29, 0.717) is 19.3 Å². The van der Waals surface area contributed by atoms with Gasteiger partial charge < -0.3 is 34.2 Å². The number of aliphatic hydroxyl groups is 2. The molecule has 0 amide bonds. The molecule has 0 aromatic rings. The summed E-state index contributed by atoms with van der Waals surface area (Å²) < 4.78 is 61.9. The van der Waals surface area contributed by atoms with Crippen molar-refractivity contribution in [1.82, 2.24) is 0 Å². The molecule has 4 N–H and O–H groups in total. The first-order valence-electron chi connectivity index (χ1n) is 57.1. The highest BCUT2D eigenvalue weighted by atomic mass is 31.2. The molecule has 18 heteroatoms. The highest BCUT2D eigenvalue weighted by molar-refractivity contribution is 7.47. The lowest BCUT2D eigenvalue weighted by Crippen LogP contribution is -2.30. The van der Waals surface area contributed by atoms with Gasteiger partial charge in [0.15, 0.2) is 6.10 Å². The van der Waals surface area contributed by atoms with Crippen LogP contribution >= 0.6 is 15.6 Å². The summed E-state index contributed by atoms with van der Waals surface area (Å²) >= 11 is 0. The van der Waals surface area contributed by atoms with Gasteiger partial charge in [0.25, 0.3) is 0 Å². The molecule has 5 atom stereocenters. The number of hydrogen-bond acceptors (Lipinski definition) is 14. The van der Waals surface area contributed by atoms with Gasteiger partial charge in [-0.1, -0.05) is 511 Å². The number of unbranched alkanes of at least 4 members (excludes halogenated alkanes) is 55. The first-order chi connectivity index (χ1) is 68.2. The lowest BCUT2D eigenvalue weighted by atomic mass is 10.0. The number of hydrogen-bond donors (Lipinski definition) is 4. The SMILES string of the molecule is CC/C=C\C/C=C\C/C=C\C/C=C\C/C=C\C/C=C\CCCCCCCCCCCCCCCCC(=O)OC(COC(=O)CCCCCCCCCCCCCCCCCCCCC/C=C\C/C=C\C/C=C\C/C=C\CCCCC)COP(=O)(O)OCC(O)COP(=O)(O)OCC(O)COC(=O)CCCCCCCCCCCCCCCCCCCCC/C=C\C/C=C\C/C=C\C/C=C\C/C=C\CC. The molecular weight excluding hydrogens is 1770 g/mol. The molecule has 800 valence electrons. The largest absolute Gasteiger partial charge is 0.472 e. The number of phosphoric ester groups is 2. The molecule has 16 nitrogen and oxygen atoms in total. The van der Waals surface area contributed by atoms with Crippen molar-refractivity contribution >= 4 is 33.6 Å². The zero-order valence-electron chi connectivity index (χ0n) is 89.1. The molecule has 0 aliphatic heterocycles. The van der Waals surface area contributed by atoms with Crippen LogP contribution in [0.15, 0.2) is 182 Å². The predicted molar refractivity (Wildman–Crippen MR) is 592 cm³/mol. The normalized spacial score (nSPS) is 14.2. The van der Waals surface area contributed by atoms with E-state index >= 15 is 0 Å². The number of ether oxygens (including phenoxy) is 3. The minimum atomic E-state index is -4.95. The van der Waals surface area contributed by atoms with Gasteiger partial charge in [0, 0.05) is 19.3 Å². The van der Waals surface area contributed by atoms with Crippen molar-refractivity contribution in [3.05, 3.63) is 182 Å². The van der Waals surface area contributed by atoms with E-state index < -0.39 is 91.5 Å². The average Bonchev–Trinajstić information content (AvgIpc) is 0.896. The fourth-order valence-electron chi connectivity index (χ4n) is 16.1. The van der Waals surface area contributed by atoms with E-state index in [4.69, 9.17) is 32.3 Å². The summed E-state index contributed by atoms with van der Waals surface area (Å²) in [6, 6.07) is 0. The van der Waals surface area contributed by atoms with Crippen LogP contribution < -0.4 is 0 Å². The molecule has 139 heavy (non-hydrogen) atoms. The van der Waals surface area contributed by atoms with Crippen molar-refractivity contribution in [2.75, 3.05) is 39.6 Å². The second kappa shape index (κ2) is 111. The van der Waals surface area contributed by atoms with Crippen molar-refractivity contribution in [2.24, 2.45) is 0 Å². The van der Waals surface area contributed by atoms with E-state index in [0.717, 1.165) is 161 Å². The maximum Gasteiger partial charge on any atom is 0.472 e. The van der Waals surface area contributed by atoms with Crippen molar-refractivity contribution in [1.29, 1.82) is 0 Å². The van der Waals surface area contributed by atoms with Crippen LogP contribution in [0.25, 0.3) is 0 Å². The maximum atomic E-state index is 13.2. The van der Waals surface area contributed by atoms with Crippen molar-refractivity contribution < 1.29 is 75.8 Å². The molecule has 5 unspecified atom stereocenters. The monoisotopic (exact) mass is 1980 g/mol. The van der Waals surface area contributed by atoms with E-state index in [1.54, 1.807) is 0 Å². The minimum Gasteiger partial charge on any atom is -0.463 e.